The van der Waals surface area contributed by atoms with Crippen LogP contribution in [0.15, 0.2) is 0 Å². The van der Waals surface area contributed by atoms with Crippen LogP contribution in [0.5, 0.6) is 0 Å². The quantitative estimate of drug-likeness (QED) is 0.761. The number of amides is 1. The van der Waals surface area contributed by atoms with E-state index >= 15 is 0 Å². The van der Waals surface area contributed by atoms with Gasteiger partial charge in [-0.15, -0.1) is 0 Å². The zero-order valence-electron chi connectivity index (χ0n) is 11.0. The fraction of sp³-hybridized carbons (Fsp3) is 0.917. The lowest BCUT2D eigenvalue weighted by Crippen LogP contribution is -2.48. The monoisotopic (exact) mass is 227 g/mol. The van der Waals surface area contributed by atoms with Gasteiger partial charge in [-0.05, 0) is 39.9 Å². The Morgan fingerprint density at radius 2 is 2.19 bits per heavy atom. The van der Waals surface area contributed by atoms with E-state index in [0.29, 0.717) is 6.04 Å². The Bertz CT molecular complexity index is 232. The topological polar surface area (TPSA) is 35.6 Å². The fourth-order valence-electron chi connectivity index (χ4n) is 2.46. The van der Waals surface area contributed by atoms with Crippen molar-refractivity contribution in [3.8, 4) is 0 Å². The molecule has 0 aliphatic carbocycles. The fourth-order valence-corrected chi connectivity index (χ4v) is 2.46. The van der Waals surface area contributed by atoms with Gasteiger partial charge < -0.3 is 10.2 Å². The predicted molar refractivity (Wildman–Crippen MR) is 66.4 cm³/mol. The normalized spacial score (nSPS) is 28.2. The van der Waals surface area contributed by atoms with Crippen LogP contribution in [0.2, 0.25) is 0 Å². The SMILES string of the molecule is CCN1C(C)CCN(C)C(=O)C1CCNC. The molecule has 2 unspecified atom stereocenters. The molecule has 1 aliphatic rings. The molecule has 1 N–H and O–H groups in total. The summed E-state index contributed by atoms with van der Waals surface area (Å²) in [6.45, 7) is 7.10. The predicted octanol–water partition coefficient (Wildman–Crippen LogP) is 0.537. The summed E-state index contributed by atoms with van der Waals surface area (Å²) >= 11 is 0. The summed E-state index contributed by atoms with van der Waals surface area (Å²) in [7, 11) is 3.85. The van der Waals surface area contributed by atoms with Gasteiger partial charge in [0.2, 0.25) is 5.91 Å². The molecule has 1 rings (SSSR count). The van der Waals surface area contributed by atoms with Crippen molar-refractivity contribution in [1.29, 1.82) is 0 Å². The van der Waals surface area contributed by atoms with Crippen molar-refractivity contribution in [2.75, 3.05) is 33.7 Å². The molecule has 0 aromatic carbocycles. The van der Waals surface area contributed by atoms with Gasteiger partial charge in [-0.1, -0.05) is 6.92 Å². The van der Waals surface area contributed by atoms with Gasteiger partial charge in [0.25, 0.3) is 0 Å². The van der Waals surface area contributed by atoms with Gasteiger partial charge in [0.1, 0.15) is 0 Å². The molecular weight excluding hydrogens is 202 g/mol. The van der Waals surface area contributed by atoms with Crippen molar-refractivity contribution in [2.45, 2.75) is 38.8 Å². The van der Waals surface area contributed by atoms with E-state index in [1.54, 1.807) is 0 Å². The van der Waals surface area contributed by atoms with Crippen molar-refractivity contribution in [3.05, 3.63) is 0 Å². The first-order valence-corrected chi connectivity index (χ1v) is 6.27. The van der Waals surface area contributed by atoms with E-state index in [1.807, 2.05) is 19.0 Å². The van der Waals surface area contributed by atoms with Crippen molar-refractivity contribution in [3.63, 3.8) is 0 Å². The summed E-state index contributed by atoms with van der Waals surface area (Å²) in [6.07, 6.45) is 1.98. The minimum atomic E-state index is 0.0555. The molecule has 1 heterocycles. The number of nitrogens with one attached hydrogen (secondary N) is 1. The van der Waals surface area contributed by atoms with Crippen molar-refractivity contribution < 1.29 is 4.79 Å². The number of nitrogens with zero attached hydrogens (tertiary/aromatic N) is 2. The Morgan fingerprint density at radius 1 is 1.50 bits per heavy atom. The maximum Gasteiger partial charge on any atom is 0.239 e. The van der Waals surface area contributed by atoms with E-state index < -0.39 is 0 Å². The maximum absolute atomic E-state index is 12.2. The highest BCUT2D eigenvalue weighted by Crippen LogP contribution is 2.18. The lowest BCUT2D eigenvalue weighted by Gasteiger charge is -2.32. The maximum atomic E-state index is 12.2. The molecular formula is C12H25N3O. The van der Waals surface area contributed by atoms with Crippen LogP contribution in [0.3, 0.4) is 0 Å². The van der Waals surface area contributed by atoms with Crippen LogP contribution in [0.4, 0.5) is 0 Å². The highest BCUT2D eigenvalue weighted by atomic mass is 16.2. The molecule has 0 bridgehead atoms. The average molecular weight is 227 g/mol. The van der Waals surface area contributed by atoms with E-state index in [-0.39, 0.29) is 11.9 Å². The van der Waals surface area contributed by atoms with Crippen LogP contribution in [0, 0.1) is 0 Å². The summed E-state index contributed by atoms with van der Waals surface area (Å²) in [5, 5.41) is 3.13. The lowest BCUT2D eigenvalue weighted by atomic mass is 10.1. The van der Waals surface area contributed by atoms with E-state index in [9.17, 15) is 4.79 Å². The number of likely N-dealkylation sites (N-methyl/N-ethyl adjacent to an activating group) is 2. The third-order valence-electron chi connectivity index (χ3n) is 3.54. The molecule has 4 nitrogen and oxygen atoms in total. The van der Waals surface area contributed by atoms with E-state index in [2.05, 4.69) is 24.1 Å². The molecule has 4 heteroatoms. The molecule has 0 aromatic rings. The molecule has 0 spiro atoms. The summed E-state index contributed by atoms with van der Waals surface area (Å²) in [5.41, 5.74) is 0. The Balaban J connectivity index is 2.78. The van der Waals surface area contributed by atoms with E-state index in [4.69, 9.17) is 0 Å². The summed E-state index contributed by atoms with van der Waals surface area (Å²) in [4.78, 5) is 16.4. The van der Waals surface area contributed by atoms with Gasteiger partial charge in [-0.2, -0.15) is 0 Å². The van der Waals surface area contributed by atoms with Crippen LogP contribution in [-0.4, -0.2) is 61.5 Å². The minimum absolute atomic E-state index is 0.0555. The van der Waals surface area contributed by atoms with Gasteiger partial charge >= 0.3 is 0 Å². The largest absolute Gasteiger partial charge is 0.344 e. The highest BCUT2D eigenvalue weighted by Gasteiger charge is 2.32. The molecule has 1 aliphatic heterocycles. The van der Waals surface area contributed by atoms with E-state index in [0.717, 1.165) is 32.5 Å². The van der Waals surface area contributed by atoms with Gasteiger partial charge in [0, 0.05) is 19.6 Å². The number of carbonyl (C=O) groups excluding carboxylic acids is 1. The molecule has 0 saturated carbocycles. The first kappa shape index (κ1) is 13.5. The molecule has 94 valence electrons. The minimum Gasteiger partial charge on any atom is -0.344 e. The first-order valence-electron chi connectivity index (χ1n) is 6.27. The molecule has 0 aromatic heterocycles. The van der Waals surface area contributed by atoms with Gasteiger partial charge in [-0.25, -0.2) is 0 Å². The van der Waals surface area contributed by atoms with Crippen molar-refractivity contribution in [2.24, 2.45) is 0 Å². The van der Waals surface area contributed by atoms with Crippen LogP contribution >= 0.6 is 0 Å². The first-order chi connectivity index (χ1) is 7.61. The third kappa shape index (κ3) is 2.95. The second-order valence-corrected chi connectivity index (χ2v) is 4.64. The third-order valence-corrected chi connectivity index (χ3v) is 3.54. The van der Waals surface area contributed by atoms with Crippen molar-refractivity contribution >= 4 is 5.91 Å². The number of hydrogen-bond acceptors (Lipinski definition) is 3. The second-order valence-electron chi connectivity index (χ2n) is 4.64. The molecule has 1 saturated heterocycles. The Kier molecular flexibility index (Phi) is 5.22. The molecule has 0 radical (unpaired) electrons. The number of hydrogen-bond donors (Lipinski definition) is 1. The van der Waals surface area contributed by atoms with Crippen LogP contribution < -0.4 is 5.32 Å². The van der Waals surface area contributed by atoms with Crippen LogP contribution in [0.1, 0.15) is 26.7 Å². The Morgan fingerprint density at radius 3 is 2.75 bits per heavy atom. The Labute approximate surface area is 99.0 Å². The van der Waals surface area contributed by atoms with Crippen LogP contribution in [-0.2, 0) is 4.79 Å². The molecule has 1 fully saturated rings. The van der Waals surface area contributed by atoms with Gasteiger partial charge in [0.05, 0.1) is 6.04 Å². The molecule has 2 atom stereocenters. The van der Waals surface area contributed by atoms with Gasteiger partial charge in [0.15, 0.2) is 0 Å². The van der Waals surface area contributed by atoms with Gasteiger partial charge in [-0.3, -0.25) is 9.69 Å². The average Bonchev–Trinajstić information content (AvgIpc) is 2.38. The lowest BCUT2D eigenvalue weighted by molar-refractivity contribution is -0.134. The summed E-state index contributed by atoms with van der Waals surface area (Å²) in [5.74, 6) is 0.279. The standard InChI is InChI=1S/C12H25N3O/c1-5-15-10(2)7-9-14(4)12(16)11(15)6-8-13-3/h10-11,13H,5-9H2,1-4H3. The van der Waals surface area contributed by atoms with Crippen LogP contribution in [0.25, 0.3) is 0 Å². The Hall–Kier alpha value is -0.610. The highest BCUT2D eigenvalue weighted by molar-refractivity contribution is 5.82. The number of carbonyl (C=O) groups is 1. The summed E-state index contributed by atoms with van der Waals surface area (Å²) in [6, 6.07) is 0.556. The molecule has 1 amide bonds. The van der Waals surface area contributed by atoms with E-state index in [1.165, 1.54) is 0 Å². The zero-order valence-corrected chi connectivity index (χ0v) is 11.0. The summed E-state index contributed by atoms with van der Waals surface area (Å²) < 4.78 is 0. The second kappa shape index (κ2) is 6.21. The zero-order chi connectivity index (χ0) is 12.1. The van der Waals surface area contributed by atoms with Crippen molar-refractivity contribution in [1.82, 2.24) is 15.1 Å². The number of rotatable bonds is 4. The smallest absolute Gasteiger partial charge is 0.239 e. The molecule has 16 heavy (non-hydrogen) atoms.